The summed E-state index contributed by atoms with van der Waals surface area (Å²) in [5.74, 6) is 1.22. The molecule has 0 N–H and O–H groups in total. The lowest BCUT2D eigenvalue weighted by Gasteiger charge is -2.23. The quantitative estimate of drug-likeness (QED) is 0.796. The van der Waals surface area contributed by atoms with Gasteiger partial charge in [-0.15, -0.1) is 0 Å². The highest BCUT2D eigenvalue weighted by Crippen LogP contribution is 2.32. The van der Waals surface area contributed by atoms with Crippen LogP contribution in [0.25, 0.3) is 0 Å². The second-order valence-corrected chi connectivity index (χ2v) is 6.02. The molecule has 1 heterocycles. The molecule has 25 heavy (non-hydrogen) atoms. The molecule has 7 heteroatoms. The van der Waals surface area contributed by atoms with Crippen LogP contribution in [0.2, 0.25) is 0 Å². The van der Waals surface area contributed by atoms with Gasteiger partial charge in [0, 0.05) is 24.7 Å². The average molecular weight is 343 g/mol. The van der Waals surface area contributed by atoms with Crippen LogP contribution in [0.1, 0.15) is 28.9 Å². The van der Waals surface area contributed by atoms with E-state index in [-0.39, 0.29) is 23.2 Å². The third-order valence-electron chi connectivity index (χ3n) is 4.26. The van der Waals surface area contributed by atoms with E-state index in [0.29, 0.717) is 18.0 Å². The van der Waals surface area contributed by atoms with Crippen molar-refractivity contribution in [1.29, 1.82) is 0 Å². The van der Waals surface area contributed by atoms with E-state index in [2.05, 4.69) is 5.10 Å². The SMILES string of the molecule is COc1ccc(OC)c(CN(C(=O)c2ccc(=O)n(C)n2)C2CC2)c1. The third-order valence-corrected chi connectivity index (χ3v) is 4.26. The monoisotopic (exact) mass is 343 g/mol. The zero-order valence-corrected chi connectivity index (χ0v) is 14.6. The molecule has 0 atom stereocenters. The molecule has 0 aliphatic heterocycles. The Kier molecular flexibility index (Phi) is 4.74. The molecule has 132 valence electrons. The third kappa shape index (κ3) is 3.65. The Bertz CT molecular complexity index is 842. The van der Waals surface area contributed by atoms with E-state index >= 15 is 0 Å². The zero-order valence-electron chi connectivity index (χ0n) is 14.6. The minimum Gasteiger partial charge on any atom is -0.497 e. The van der Waals surface area contributed by atoms with Crippen molar-refractivity contribution in [2.45, 2.75) is 25.4 Å². The molecule has 1 aliphatic carbocycles. The standard InChI is InChI=1S/C18H21N3O4/c1-20-17(22)9-7-15(19-20)18(23)21(13-4-5-13)11-12-10-14(24-2)6-8-16(12)25-3/h6-10,13H,4-5,11H2,1-3H3. The van der Waals surface area contributed by atoms with E-state index in [9.17, 15) is 9.59 Å². The number of nitrogens with zero attached hydrogens (tertiary/aromatic N) is 3. The number of rotatable bonds is 6. The van der Waals surface area contributed by atoms with Gasteiger partial charge in [-0.3, -0.25) is 9.59 Å². The maximum atomic E-state index is 12.9. The first-order chi connectivity index (χ1) is 12.0. The van der Waals surface area contributed by atoms with Gasteiger partial charge in [-0.05, 0) is 37.1 Å². The minimum absolute atomic E-state index is 0.183. The predicted molar refractivity (Wildman–Crippen MR) is 91.9 cm³/mol. The first-order valence-corrected chi connectivity index (χ1v) is 8.09. The summed E-state index contributed by atoms with van der Waals surface area (Å²) < 4.78 is 11.9. The van der Waals surface area contributed by atoms with Gasteiger partial charge in [0.05, 0.1) is 20.8 Å². The van der Waals surface area contributed by atoms with Gasteiger partial charge in [0.15, 0.2) is 0 Å². The van der Waals surface area contributed by atoms with Crippen molar-refractivity contribution in [2.75, 3.05) is 14.2 Å². The molecule has 1 fully saturated rings. The number of amides is 1. The largest absolute Gasteiger partial charge is 0.497 e. The molecule has 0 saturated heterocycles. The fourth-order valence-corrected chi connectivity index (χ4v) is 2.71. The van der Waals surface area contributed by atoms with Crippen molar-refractivity contribution in [2.24, 2.45) is 7.05 Å². The van der Waals surface area contributed by atoms with E-state index in [1.54, 1.807) is 19.1 Å². The summed E-state index contributed by atoms with van der Waals surface area (Å²) in [5.41, 5.74) is 0.881. The Labute approximate surface area is 145 Å². The van der Waals surface area contributed by atoms with Crippen LogP contribution in [0.4, 0.5) is 0 Å². The summed E-state index contributed by atoms with van der Waals surface area (Å²) in [7, 11) is 4.73. The summed E-state index contributed by atoms with van der Waals surface area (Å²) in [5, 5.41) is 4.08. The number of carbonyl (C=O) groups excluding carboxylic acids is 1. The van der Waals surface area contributed by atoms with E-state index < -0.39 is 0 Å². The lowest BCUT2D eigenvalue weighted by atomic mass is 10.1. The Morgan fingerprint density at radius 2 is 2.00 bits per heavy atom. The van der Waals surface area contributed by atoms with Crippen LogP contribution in [-0.2, 0) is 13.6 Å². The zero-order chi connectivity index (χ0) is 18.0. The van der Waals surface area contributed by atoms with E-state index in [1.807, 2.05) is 18.2 Å². The average Bonchev–Trinajstić information content (AvgIpc) is 3.46. The topological polar surface area (TPSA) is 73.7 Å². The van der Waals surface area contributed by atoms with Gasteiger partial charge in [-0.25, -0.2) is 4.68 Å². The predicted octanol–water partition coefficient (Wildman–Crippen LogP) is 1.60. The van der Waals surface area contributed by atoms with E-state index in [4.69, 9.17) is 9.47 Å². The van der Waals surface area contributed by atoms with Crippen LogP contribution in [-0.4, -0.2) is 40.8 Å². The number of hydrogen-bond acceptors (Lipinski definition) is 5. The number of aryl methyl sites for hydroxylation is 1. The highest BCUT2D eigenvalue weighted by molar-refractivity contribution is 5.92. The van der Waals surface area contributed by atoms with Crippen LogP contribution >= 0.6 is 0 Å². The Morgan fingerprint density at radius 1 is 1.24 bits per heavy atom. The molecule has 0 spiro atoms. The molecule has 7 nitrogen and oxygen atoms in total. The molecule has 1 aromatic carbocycles. The summed E-state index contributed by atoms with van der Waals surface area (Å²) in [6, 6.07) is 8.53. The van der Waals surface area contributed by atoms with Gasteiger partial charge in [0.1, 0.15) is 17.2 Å². The fourth-order valence-electron chi connectivity index (χ4n) is 2.71. The number of hydrogen-bond donors (Lipinski definition) is 0. The highest BCUT2D eigenvalue weighted by Gasteiger charge is 2.34. The maximum Gasteiger partial charge on any atom is 0.274 e. The lowest BCUT2D eigenvalue weighted by Crippen LogP contribution is -2.34. The minimum atomic E-state index is -0.246. The molecule has 3 rings (SSSR count). The summed E-state index contributed by atoms with van der Waals surface area (Å²) in [6.45, 7) is 0.397. The van der Waals surface area contributed by atoms with Crippen LogP contribution in [0, 0.1) is 0 Å². The molecular formula is C18H21N3O4. The first kappa shape index (κ1) is 17.0. The van der Waals surface area contributed by atoms with E-state index in [0.717, 1.165) is 18.4 Å². The van der Waals surface area contributed by atoms with Crippen molar-refractivity contribution in [1.82, 2.24) is 14.7 Å². The molecule has 1 aromatic heterocycles. The summed E-state index contributed by atoms with van der Waals surface area (Å²) in [4.78, 5) is 26.2. The fraction of sp³-hybridized carbons (Fsp3) is 0.389. The molecule has 1 aliphatic rings. The summed E-state index contributed by atoms with van der Waals surface area (Å²) >= 11 is 0. The van der Waals surface area contributed by atoms with Gasteiger partial charge in [0.2, 0.25) is 0 Å². The van der Waals surface area contributed by atoms with Gasteiger partial charge < -0.3 is 14.4 Å². The van der Waals surface area contributed by atoms with Crippen molar-refractivity contribution in [3.05, 3.63) is 51.9 Å². The van der Waals surface area contributed by atoms with Gasteiger partial charge >= 0.3 is 0 Å². The normalized spacial score (nSPS) is 13.4. The van der Waals surface area contributed by atoms with Crippen LogP contribution in [0.5, 0.6) is 11.5 Å². The number of benzene rings is 1. The van der Waals surface area contributed by atoms with Crippen molar-refractivity contribution >= 4 is 5.91 Å². The van der Waals surface area contributed by atoms with Crippen LogP contribution in [0.3, 0.4) is 0 Å². The highest BCUT2D eigenvalue weighted by atomic mass is 16.5. The number of carbonyl (C=O) groups is 1. The Balaban J connectivity index is 1.90. The Hall–Kier alpha value is -2.83. The van der Waals surface area contributed by atoms with Crippen LogP contribution in [0.15, 0.2) is 35.1 Å². The molecule has 1 amide bonds. The molecule has 0 bridgehead atoms. The molecule has 0 radical (unpaired) electrons. The Morgan fingerprint density at radius 3 is 2.60 bits per heavy atom. The number of aromatic nitrogens is 2. The van der Waals surface area contributed by atoms with Crippen molar-refractivity contribution in [3.8, 4) is 11.5 Å². The maximum absolute atomic E-state index is 12.9. The molecule has 2 aromatic rings. The van der Waals surface area contributed by atoms with Crippen molar-refractivity contribution < 1.29 is 14.3 Å². The summed E-state index contributed by atoms with van der Waals surface area (Å²) in [6.07, 6.45) is 1.92. The van der Waals surface area contributed by atoms with Gasteiger partial charge in [-0.1, -0.05) is 0 Å². The van der Waals surface area contributed by atoms with Crippen molar-refractivity contribution in [3.63, 3.8) is 0 Å². The molecule has 0 unspecified atom stereocenters. The smallest absolute Gasteiger partial charge is 0.274 e. The second kappa shape index (κ2) is 6.96. The van der Waals surface area contributed by atoms with Gasteiger partial charge in [0.25, 0.3) is 11.5 Å². The van der Waals surface area contributed by atoms with Gasteiger partial charge in [-0.2, -0.15) is 5.10 Å². The number of ether oxygens (including phenoxy) is 2. The first-order valence-electron chi connectivity index (χ1n) is 8.09. The second-order valence-electron chi connectivity index (χ2n) is 6.02. The lowest BCUT2D eigenvalue weighted by molar-refractivity contribution is 0.0720. The molecular weight excluding hydrogens is 322 g/mol. The van der Waals surface area contributed by atoms with Crippen LogP contribution < -0.4 is 15.0 Å². The number of methoxy groups -OCH3 is 2. The molecule has 1 saturated carbocycles. The van der Waals surface area contributed by atoms with E-state index in [1.165, 1.54) is 23.9 Å².